The normalized spacial score (nSPS) is 24.7. The second-order valence-electron chi connectivity index (χ2n) is 4.98. The molecule has 2 nitrogen and oxygen atoms in total. The van der Waals surface area contributed by atoms with Crippen molar-refractivity contribution in [3.05, 3.63) is 29.8 Å². The molecule has 0 unspecified atom stereocenters. The van der Waals surface area contributed by atoms with Gasteiger partial charge in [-0.3, -0.25) is 4.79 Å². The standard InChI is InChI=1S/C15H20O2/c1-11-4-3-5-13(15(11)16)10-12-6-8-14(17-2)9-7-12/h6-9,11,13H,3-5,10H2,1-2H3/t11-,13-/m0/s1. The molecule has 0 bridgehead atoms. The lowest BCUT2D eigenvalue weighted by atomic mass is 9.78. The van der Waals surface area contributed by atoms with Crippen molar-refractivity contribution in [1.29, 1.82) is 0 Å². The smallest absolute Gasteiger partial charge is 0.139 e. The molecule has 17 heavy (non-hydrogen) atoms. The summed E-state index contributed by atoms with van der Waals surface area (Å²) >= 11 is 0. The molecule has 2 rings (SSSR count). The number of Topliss-reactive ketones (excluding diaryl/α,β-unsaturated/α-hetero) is 1. The maximum atomic E-state index is 12.0. The minimum atomic E-state index is 0.229. The van der Waals surface area contributed by atoms with Crippen LogP contribution in [0.15, 0.2) is 24.3 Å². The van der Waals surface area contributed by atoms with Gasteiger partial charge in [0.05, 0.1) is 7.11 Å². The SMILES string of the molecule is COc1ccc(C[C@@H]2CCC[C@H](C)C2=O)cc1. The zero-order valence-corrected chi connectivity index (χ0v) is 10.6. The maximum absolute atomic E-state index is 12.0. The van der Waals surface area contributed by atoms with E-state index in [-0.39, 0.29) is 11.8 Å². The van der Waals surface area contributed by atoms with Crippen LogP contribution >= 0.6 is 0 Å². The van der Waals surface area contributed by atoms with Crippen molar-refractivity contribution in [3.63, 3.8) is 0 Å². The summed E-state index contributed by atoms with van der Waals surface area (Å²) in [4.78, 5) is 12.0. The first kappa shape index (κ1) is 12.2. The third-order valence-electron chi connectivity index (χ3n) is 3.72. The Morgan fingerprint density at radius 1 is 1.24 bits per heavy atom. The fourth-order valence-corrected chi connectivity index (χ4v) is 2.61. The number of hydrogen-bond acceptors (Lipinski definition) is 2. The van der Waals surface area contributed by atoms with Crippen LogP contribution in [0, 0.1) is 11.8 Å². The van der Waals surface area contributed by atoms with Crippen LogP contribution < -0.4 is 4.74 Å². The van der Waals surface area contributed by atoms with Crippen molar-refractivity contribution in [1.82, 2.24) is 0 Å². The van der Waals surface area contributed by atoms with Gasteiger partial charge in [-0.05, 0) is 37.0 Å². The van der Waals surface area contributed by atoms with E-state index in [1.54, 1.807) is 7.11 Å². The van der Waals surface area contributed by atoms with Gasteiger partial charge in [0.15, 0.2) is 0 Å². The Morgan fingerprint density at radius 3 is 2.59 bits per heavy atom. The molecular weight excluding hydrogens is 212 g/mol. The summed E-state index contributed by atoms with van der Waals surface area (Å²) in [5, 5.41) is 0. The van der Waals surface area contributed by atoms with Crippen LogP contribution in [-0.2, 0) is 11.2 Å². The van der Waals surface area contributed by atoms with E-state index in [0.717, 1.165) is 25.0 Å². The van der Waals surface area contributed by atoms with Gasteiger partial charge >= 0.3 is 0 Å². The van der Waals surface area contributed by atoms with Gasteiger partial charge in [0.1, 0.15) is 11.5 Å². The van der Waals surface area contributed by atoms with E-state index < -0.39 is 0 Å². The van der Waals surface area contributed by atoms with E-state index >= 15 is 0 Å². The first-order valence-electron chi connectivity index (χ1n) is 6.37. The largest absolute Gasteiger partial charge is 0.497 e. The number of ketones is 1. The van der Waals surface area contributed by atoms with Gasteiger partial charge in [0.25, 0.3) is 0 Å². The molecule has 0 heterocycles. The lowest BCUT2D eigenvalue weighted by Gasteiger charge is -2.25. The minimum Gasteiger partial charge on any atom is -0.497 e. The number of methoxy groups -OCH3 is 1. The summed E-state index contributed by atoms with van der Waals surface area (Å²) in [6.07, 6.45) is 4.19. The average molecular weight is 232 g/mol. The molecule has 0 radical (unpaired) electrons. The van der Waals surface area contributed by atoms with Gasteiger partial charge in [-0.2, -0.15) is 0 Å². The number of carbonyl (C=O) groups excluding carboxylic acids is 1. The molecule has 92 valence electrons. The Bertz CT molecular complexity index is 380. The molecule has 0 N–H and O–H groups in total. The van der Waals surface area contributed by atoms with E-state index in [4.69, 9.17) is 4.74 Å². The third kappa shape index (κ3) is 2.87. The topological polar surface area (TPSA) is 26.3 Å². The van der Waals surface area contributed by atoms with E-state index in [0.29, 0.717) is 5.78 Å². The summed E-state index contributed by atoms with van der Waals surface area (Å²) in [6.45, 7) is 2.06. The third-order valence-corrected chi connectivity index (χ3v) is 3.72. The highest BCUT2D eigenvalue weighted by Gasteiger charge is 2.27. The molecule has 1 aliphatic carbocycles. The number of hydrogen-bond donors (Lipinski definition) is 0. The quantitative estimate of drug-likeness (QED) is 0.799. The van der Waals surface area contributed by atoms with Gasteiger partial charge in [-0.15, -0.1) is 0 Å². The molecule has 2 atom stereocenters. The molecule has 0 aromatic heterocycles. The van der Waals surface area contributed by atoms with Crippen molar-refractivity contribution in [2.24, 2.45) is 11.8 Å². The van der Waals surface area contributed by atoms with E-state index in [1.807, 2.05) is 12.1 Å². The highest BCUT2D eigenvalue weighted by molar-refractivity contribution is 5.84. The number of carbonyl (C=O) groups is 1. The molecule has 1 aromatic carbocycles. The Morgan fingerprint density at radius 2 is 1.94 bits per heavy atom. The molecule has 1 aromatic rings. The van der Waals surface area contributed by atoms with Gasteiger partial charge in [0, 0.05) is 11.8 Å². The second kappa shape index (κ2) is 5.35. The lowest BCUT2D eigenvalue weighted by molar-refractivity contribution is -0.128. The molecule has 0 aliphatic heterocycles. The van der Waals surface area contributed by atoms with E-state index in [9.17, 15) is 4.79 Å². The van der Waals surface area contributed by atoms with Crippen LogP contribution in [0.5, 0.6) is 5.75 Å². The second-order valence-corrected chi connectivity index (χ2v) is 4.98. The van der Waals surface area contributed by atoms with Crippen LogP contribution in [0.25, 0.3) is 0 Å². The van der Waals surface area contributed by atoms with Gasteiger partial charge in [-0.1, -0.05) is 25.5 Å². The average Bonchev–Trinajstić information content (AvgIpc) is 2.36. The fraction of sp³-hybridized carbons (Fsp3) is 0.533. The zero-order chi connectivity index (χ0) is 12.3. The number of rotatable bonds is 3. The van der Waals surface area contributed by atoms with Crippen LogP contribution in [-0.4, -0.2) is 12.9 Å². The van der Waals surface area contributed by atoms with Crippen molar-refractivity contribution in [2.45, 2.75) is 32.6 Å². The molecule has 0 saturated heterocycles. The summed E-state index contributed by atoms with van der Waals surface area (Å²) in [5.74, 6) is 1.81. The van der Waals surface area contributed by atoms with Crippen molar-refractivity contribution in [3.8, 4) is 5.75 Å². The monoisotopic (exact) mass is 232 g/mol. The lowest BCUT2D eigenvalue weighted by Crippen LogP contribution is -2.28. The number of ether oxygens (including phenoxy) is 1. The Balaban J connectivity index is 2.01. The summed E-state index contributed by atoms with van der Waals surface area (Å²) < 4.78 is 5.13. The molecule has 1 fully saturated rings. The molecular formula is C15H20O2. The molecule has 1 saturated carbocycles. The van der Waals surface area contributed by atoms with E-state index in [1.165, 1.54) is 12.0 Å². The van der Waals surface area contributed by atoms with Crippen molar-refractivity contribution >= 4 is 5.78 Å². The molecule has 2 heteroatoms. The Labute approximate surface area is 103 Å². The Kier molecular flexibility index (Phi) is 3.82. The van der Waals surface area contributed by atoms with Crippen molar-refractivity contribution in [2.75, 3.05) is 7.11 Å². The highest BCUT2D eigenvalue weighted by Crippen LogP contribution is 2.28. The van der Waals surface area contributed by atoms with Crippen LogP contribution in [0.4, 0.5) is 0 Å². The summed E-state index contributed by atoms with van der Waals surface area (Å²) in [6, 6.07) is 8.05. The predicted octanol–water partition coefficient (Wildman–Crippen LogP) is 3.24. The zero-order valence-electron chi connectivity index (χ0n) is 10.6. The fourth-order valence-electron chi connectivity index (χ4n) is 2.61. The molecule has 1 aliphatic rings. The minimum absolute atomic E-state index is 0.229. The Hall–Kier alpha value is -1.31. The molecule has 0 amide bonds. The van der Waals surface area contributed by atoms with Crippen LogP contribution in [0.1, 0.15) is 31.7 Å². The van der Waals surface area contributed by atoms with Crippen molar-refractivity contribution < 1.29 is 9.53 Å². The van der Waals surface area contributed by atoms with Crippen LogP contribution in [0.3, 0.4) is 0 Å². The highest BCUT2D eigenvalue weighted by atomic mass is 16.5. The van der Waals surface area contributed by atoms with E-state index in [2.05, 4.69) is 19.1 Å². The van der Waals surface area contributed by atoms with Crippen LogP contribution in [0.2, 0.25) is 0 Å². The van der Waals surface area contributed by atoms with Gasteiger partial charge in [0.2, 0.25) is 0 Å². The number of benzene rings is 1. The first-order chi connectivity index (χ1) is 8.20. The predicted molar refractivity (Wildman–Crippen MR) is 68.2 cm³/mol. The van der Waals surface area contributed by atoms with Gasteiger partial charge in [-0.25, -0.2) is 0 Å². The first-order valence-corrected chi connectivity index (χ1v) is 6.37. The maximum Gasteiger partial charge on any atom is 0.139 e. The molecule has 0 spiro atoms. The van der Waals surface area contributed by atoms with Gasteiger partial charge < -0.3 is 4.74 Å². The summed E-state index contributed by atoms with van der Waals surface area (Å²) in [5.41, 5.74) is 1.23. The summed E-state index contributed by atoms with van der Waals surface area (Å²) in [7, 11) is 1.67.